The molecule has 0 heterocycles. The van der Waals surface area contributed by atoms with Crippen molar-refractivity contribution >= 4 is 23.3 Å². The van der Waals surface area contributed by atoms with Crippen LogP contribution in [-0.2, 0) is 4.79 Å². The van der Waals surface area contributed by atoms with Crippen LogP contribution in [0, 0.1) is 0 Å². The Bertz CT molecular complexity index is 327. The summed E-state index contributed by atoms with van der Waals surface area (Å²) in [5.41, 5.74) is 0.354. The highest BCUT2D eigenvalue weighted by Gasteiger charge is 2.02. The molecule has 1 rings (SSSR count). The van der Waals surface area contributed by atoms with Gasteiger partial charge in [0.05, 0.1) is 5.69 Å². The van der Waals surface area contributed by atoms with Crippen molar-refractivity contribution in [1.82, 2.24) is 0 Å². The first kappa shape index (κ1) is 9.67. The average Bonchev–Trinajstić information content (AvgIpc) is 2.02. The van der Waals surface area contributed by atoms with E-state index < -0.39 is 5.97 Å². The minimum absolute atomic E-state index is 0.0613. The van der Waals surface area contributed by atoms with Crippen LogP contribution >= 0.6 is 11.6 Å². The number of nitrogens with one attached hydrogen (secondary N) is 1. The summed E-state index contributed by atoms with van der Waals surface area (Å²) >= 11 is 5.58. The molecular formula is C8H8ClNO3. The second-order valence-electron chi connectivity index (χ2n) is 2.41. The van der Waals surface area contributed by atoms with Gasteiger partial charge < -0.3 is 15.5 Å². The minimum Gasteiger partial charge on any atom is -0.506 e. The molecule has 0 aliphatic heterocycles. The summed E-state index contributed by atoms with van der Waals surface area (Å²) in [5.74, 6) is -1.05. The molecule has 0 spiro atoms. The van der Waals surface area contributed by atoms with Crippen LogP contribution in [0.2, 0.25) is 5.02 Å². The largest absolute Gasteiger partial charge is 0.506 e. The highest BCUT2D eigenvalue weighted by molar-refractivity contribution is 6.30. The van der Waals surface area contributed by atoms with Gasteiger partial charge in [-0.15, -0.1) is 0 Å². The molecule has 5 heteroatoms. The third-order valence-electron chi connectivity index (χ3n) is 1.39. The number of phenolic OH excluding ortho intramolecular Hbond substituents is 1. The van der Waals surface area contributed by atoms with Crippen molar-refractivity contribution in [3.63, 3.8) is 0 Å². The molecule has 4 nitrogen and oxygen atoms in total. The van der Waals surface area contributed by atoms with Gasteiger partial charge in [0.1, 0.15) is 12.3 Å². The van der Waals surface area contributed by atoms with Gasteiger partial charge in [-0.05, 0) is 12.1 Å². The molecule has 1 aromatic carbocycles. The summed E-state index contributed by atoms with van der Waals surface area (Å²) < 4.78 is 0. The number of phenols is 1. The van der Waals surface area contributed by atoms with Crippen molar-refractivity contribution in [3.05, 3.63) is 23.2 Å². The molecule has 3 N–H and O–H groups in total. The Hall–Kier alpha value is -1.42. The highest BCUT2D eigenvalue weighted by atomic mass is 35.5. The number of benzene rings is 1. The maximum absolute atomic E-state index is 10.2. The molecule has 0 saturated heterocycles. The highest BCUT2D eigenvalue weighted by Crippen LogP contribution is 2.26. The van der Waals surface area contributed by atoms with Crippen molar-refractivity contribution < 1.29 is 15.0 Å². The third-order valence-corrected chi connectivity index (χ3v) is 1.62. The molecule has 0 aliphatic carbocycles. The van der Waals surface area contributed by atoms with Crippen molar-refractivity contribution in [1.29, 1.82) is 0 Å². The Labute approximate surface area is 79.8 Å². The Morgan fingerprint density at radius 2 is 2.23 bits per heavy atom. The van der Waals surface area contributed by atoms with Crippen LogP contribution in [0.1, 0.15) is 0 Å². The molecule has 0 aliphatic rings. The fourth-order valence-corrected chi connectivity index (χ4v) is 0.991. The Kier molecular flexibility index (Phi) is 2.97. The summed E-state index contributed by atoms with van der Waals surface area (Å²) in [6.07, 6.45) is 0. The first-order valence-corrected chi connectivity index (χ1v) is 3.91. The van der Waals surface area contributed by atoms with E-state index in [9.17, 15) is 9.90 Å². The minimum atomic E-state index is -0.991. The number of carboxylic acid groups (broad SMARTS) is 1. The van der Waals surface area contributed by atoms with Crippen LogP contribution in [0.3, 0.4) is 0 Å². The Morgan fingerprint density at radius 3 is 2.77 bits per heavy atom. The van der Waals surface area contributed by atoms with E-state index in [0.717, 1.165) is 0 Å². The van der Waals surface area contributed by atoms with Crippen molar-refractivity contribution in [3.8, 4) is 5.75 Å². The number of anilines is 1. The van der Waals surface area contributed by atoms with Gasteiger partial charge in [0.15, 0.2) is 0 Å². The van der Waals surface area contributed by atoms with E-state index in [1.165, 1.54) is 12.1 Å². The maximum Gasteiger partial charge on any atom is 0.322 e. The monoisotopic (exact) mass is 201 g/mol. The van der Waals surface area contributed by atoms with Crippen molar-refractivity contribution in [2.75, 3.05) is 11.9 Å². The van der Waals surface area contributed by atoms with Gasteiger partial charge in [-0.1, -0.05) is 11.6 Å². The van der Waals surface area contributed by atoms with Crippen molar-refractivity contribution in [2.24, 2.45) is 0 Å². The quantitative estimate of drug-likeness (QED) is 0.649. The van der Waals surface area contributed by atoms with Gasteiger partial charge in [-0.25, -0.2) is 0 Å². The first-order valence-electron chi connectivity index (χ1n) is 3.54. The van der Waals surface area contributed by atoms with Gasteiger partial charge in [-0.3, -0.25) is 4.79 Å². The number of aliphatic carboxylic acids is 1. The molecule has 0 bridgehead atoms. The lowest BCUT2D eigenvalue weighted by molar-refractivity contribution is -0.134. The van der Waals surface area contributed by atoms with Crippen LogP contribution in [0.25, 0.3) is 0 Å². The van der Waals surface area contributed by atoms with Crippen molar-refractivity contribution in [2.45, 2.75) is 0 Å². The number of halogens is 1. The summed E-state index contributed by atoms with van der Waals surface area (Å²) in [6, 6.07) is 4.41. The molecule has 1 aromatic rings. The molecule has 70 valence electrons. The standard InChI is InChI=1S/C8H8ClNO3/c9-5-1-2-6(7(11)3-5)10-4-8(12)13/h1-3,10-11H,4H2,(H,12,13). The van der Waals surface area contributed by atoms with E-state index in [1.807, 2.05) is 0 Å². The molecule has 0 fully saturated rings. The van der Waals surface area contributed by atoms with Gasteiger partial charge in [-0.2, -0.15) is 0 Å². The molecule has 0 unspecified atom stereocenters. The molecule has 0 amide bonds. The summed E-state index contributed by atoms with van der Waals surface area (Å²) in [5, 5.41) is 20.5. The number of carbonyl (C=O) groups is 1. The topological polar surface area (TPSA) is 69.6 Å². The molecule has 0 atom stereocenters. The van der Waals surface area contributed by atoms with Crippen LogP contribution in [0.5, 0.6) is 5.75 Å². The zero-order valence-electron chi connectivity index (χ0n) is 6.62. The number of hydrogen-bond acceptors (Lipinski definition) is 3. The zero-order chi connectivity index (χ0) is 9.84. The lowest BCUT2D eigenvalue weighted by Gasteiger charge is -2.05. The lowest BCUT2D eigenvalue weighted by Crippen LogP contribution is -2.12. The summed E-state index contributed by atoms with van der Waals surface area (Å²) in [4.78, 5) is 10.2. The third kappa shape index (κ3) is 2.83. The van der Waals surface area contributed by atoms with E-state index in [2.05, 4.69) is 5.32 Å². The van der Waals surface area contributed by atoms with Crippen LogP contribution in [-0.4, -0.2) is 22.7 Å². The second-order valence-corrected chi connectivity index (χ2v) is 2.85. The molecule has 0 aromatic heterocycles. The van der Waals surface area contributed by atoms with E-state index in [4.69, 9.17) is 16.7 Å². The predicted molar refractivity (Wildman–Crippen MR) is 49.2 cm³/mol. The number of aromatic hydroxyl groups is 1. The van der Waals surface area contributed by atoms with E-state index in [1.54, 1.807) is 6.07 Å². The number of rotatable bonds is 3. The van der Waals surface area contributed by atoms with E-state index in [0.29, 0.717) is 10.7 Å². The number of carboxylic acids is 1. The first-order chi connectivity index (χ1) is 6.09. The Balaban J connectivity index is 2.72. The molecule has 0 saturated carbocycles. The van der Waals surface area contributed by atoms with Gasteiger partial charge in [0.25, 0.3) is 0 Å². The Morgan fingerprint density at radius 1 is 1.54 bits per heavy atom. The number of hydrogen-bond donors (Lipinski definition) is 3. The molecule has 0 radical (unpaired) electrons. The zero-order valence-corrected chi connectivity index (χ0v) is 7.38. The van der Waals surface area contributed by atoms with Crippen LogP contribution in [0.4, 0.5) is 5.69 Å². The van der Waals surface area contributed by atoms with Gasteiger partial charge in [0, 0.05) is 11.1 Å². The fraction of sp³-hybridized carbons (Fsp3) is 0.125. The van der Waals surface area contributed by atoms with E-state index >= 15 is 0 Å². The average molecular weight is 202 g/mol. The molecular weight excluding hydrogens is 194 g/mol. The molecule has 13 heavy (non-hydrogen) atoms. The fourth-order valence-electron chi connectivity index (χ4n) is 0.825. The normalized spacial score (nSPS) is 9.62. The lowest BCUT2D eigenvalue weighted by atomic mass is 10.3. The second kappa shape index (κ2) is 4.00. The summed E-state index contributed by atoms with van der Waals surface area (Å²) in [7, 11) is 0. The van der Waals surface area contributed by atoms with Gasteiger partial charge >= 0.3 is 5.97 Å². The van der Waals surface area contributed by atoms with Gasteiger partial charge in [0.2, 0.25) is 0 Å². The maximum atomic E-state index is 10.2. The smallest absolute Gasteiger partial charge is 0.322 e. The predicted octanol–water partition coefficient (Wildman–Crippen LogP) is 1.54. The van der Waals surface area contributed by atoms with Crippen LogP contribution < -0.4 is 5.32 Å². The van der Waals surface area contributed by atoms with Crippen LogP contribution in [0.15, 0.2) is 18.2 Å². The van der Waals surface area contributed by atoms with E-state index in [-0.39, 0.29) is 12.3 Å². The summed E-state index contributed by atoms with van der Waals surface area (Å²) in [6.45, 7) is -0.241. The SMILES string of the molecule is O=C(O)CNc1ccc(Cl)cc1O.